The summed E-state index contributed by atoms with van der Waals surface area (Å²) in [4.78, 5) is 31.4. The molecule has 1 rings (SSSR count). The molecule has 0 heterocycles. The molecule has 0 aromatic rings. The summed E-state index contributed by atoms with van der Waals surface area (Å²) in [5, 5.41) is 0.867. The van der Waals surface area contributed by atoms with Crippen LogP contribution in [-0.2, 0) is 4.57 Å². The van der Waals surface area contributed by atoms with Crippen molar-refractivity contribution in [2.24, 2.45) is 5.92 Å². The lowest BCUT2D eigenvalue weighted by Crippen LogP contribution is -2.11. The smallest absolute Gasteiger partial charge is 0.295 e. The first kappa shape index (κ1) is 28.3. The van der Waals surface area contributed by atoms with Crippen molar-refractivity contribution in [2.45, 2.75) is 117 Å². The summed E-state index contributed by atoms with van der Waals surface area (Å²) in [5.41, 5.74) is 0. The van der Waals surface area contributed by atoms with Crippen LogP contribution >= 0.6 is 15.1 Å². The first-order valence-corrected chi connectivity index (χ1v) is 16.6. The van der Waals surface area contributed by atoms with E-state index in [9.17, 15) is 19.2 Å². The van der Waals surface area contributed by atoms with Gasteiger partial charge in [0.05, 0.1) is 0 Å². The van der Waals surface area contributed by atoms with E-state index in [1.807, 2.05) is 6.08 Å². The third kappa shape index (κ3) is 13.0. The highest BCUT2D eigenvalue weighted by Crippen LogP contribution is 2.61. The van der Waals surface area contributed by atoms with Crippen LogP contribution < -0.4 is 0 Å². The van der Waals surface area contributed by atoms with Gasteiger partial charge in [0.2, 0.25) is 7.37 Å². The van der Waals surface area contributed by atoms with Crippen LogP contribution in [0, 0.1) is 5.92 Å². The number of rotatable bonds is 18. The fourth-order valence-electron chi connectivity index (χ4n) is 4.35. The quantitative estimate of drug-likeness (QED) is 0.143. The molecule has 0 saturated carbocycles. The van der Waals surface area contributed by atoms with Crippen LogP contribution in [0.1, 0.15) is 117 Å². The van der Waals surface area contributed by atoms with Crippen molar-refractivity contribution in [3.63, 3.8) is 0 Å². The Hall–Kier alpha value is 0.280. The summed E-state index contributed by atoms with van der Waals surface area (Å²) in [6, 6.07) is 0. The molecule has 6 heteroatoms. The third-order valence-electron chi connectivity index (χ3n) is 6.53. The molecule has 30 heavy (non-hydrogen) atoms. The molecule has 0 aliphatic heterocycles. The van der Waals surface area contributed by atoms with Gasteiger partial charge in [-0.3, -0.25) is 4.57 Å². The second kappa shape index (κ2) is 16.0. The molecule has 0 spiro atoms. The first-order valence-electron chi connectivity index (χ1n) is 12.6. The molecule has 178 valence electrons. The second-order valence-electron chi connectivity index (χ2n) is 9.41. The van der Waals surface area contributed by atoms with E-state index < -0.39 is 15.1 Å². The summed E-state index contributed by atoms with van der Waals surface area (Å²) in [6.45, 7) is 4.40. The lowest BCUT2D eigenvalue weighted by Gasteiger charge is -2.24. The Kier molecular flexibility index (Phi) is 15.1. The average Bonchev–Trinajstić information content (AvgIpc) is 2.72. The lowest BCUT2D eigenvalue weighted by atomic mass is 9.92. The van der Waals surface area contributed by atoms with Gasteiger partial charge < -0.3 is 4.89 Å². The standard InChI is InChI=1S/C24H48O4P2/c1-3-5-7-9-11-13-20-29(25,26)22-19-23-15-17-24(18-16-23)30(27,28)21-14-12-10-8-6-4-2/h17,23,27-28H,3-16,18-22H2,1-2H3/p+1. The van der Waals surface area contributed by atoms with Gasteiger partial charge in [0.15, 0.2) is 0 Å². The van der Waals surface area contributed by atoms with Crippen LogP contribution in [0.25, 0.3) is 0 Å². The van der Waals surface area contributed by atoms with E-state index in [1.165, 1.54) is 51.4 Å². The van der Waals surface area contributed by atoms with Gasteiger partial charge in [0.25, 0.3) is 7.72 Å². The number of hydrogen-bond acceptors (Lipinski definition) is 3. The molecule has 0 amide bonds. The van der Waals surface area contributed by atoms with Crippen LogP contribution in [0.2, 0.25) is 0 Å². The van der Waals surface area contributed by atoms with E-state index in [0.717, 1.165) is 56.7 Å². The lowest BCUT2D eigenvalue weighted by molar-refractivity contribution is 0.419. The topological polar surface area (TPSA) is 77.8 Å². The maximum Gasteiger partial charge on any atom is 0.295 e. The highest BCUT2D eigenvalue weighted by Gasteiger charge is 2.39. The monoisotopic (exact) mass is 463 g/mol. The molecule has 1 aliphatic carbocycles. The van der Waals surface area contributed by atoms with Gasteiger partial charge in [-0.15, -0.1) is 0 Å². The third-order valence-corrected chi connectivity index (χ3v) is 10.8. The Morgan fingerprint density at radius 1 is 0.900 bits per heavy atom. The van der Waals surface area contributed by atoms with E-state index in [-0.39, 0.29) is 0 Å². The van der Waals surface area contributed by atoms with Crippen molar-refractivity contribution in [2.75, 3.05) is 18.5 Å². The van der Waals surface area contributed by atoms with Gasteiger partial charge in [-0.05, 0) is 50.5 Å². The zero-order valence-electron chi connectivity index (χ0n) is 19.7. The normalized spacial score (nSPS) is 19.5. The molecule has 4 nitrogen and oxygen atoms in total. The zero-order valence-corrected chi connectivity index (χ0v) is 21.5. The first-order chi connectivity index (χ1) is 14.3. The summed E-state index contributed by atoms with van der Waals surface area (Å²) in [6.07, 6.45) is 20.5. The number of unbranched alkanes of at least 4 members (excludes halogenated alkanes) is 10. The number of hydrogen-bond donors (Lipinski definition) is 3. The van der Waals surface area contributed by atoms with E-state index in [1.54, 1.807) is 0 Å². The van der Waals surface area contributed by atoms with Crippen molar-refractivity contribution in [3.05, 3.63) is 11.4 Å². The predicted octanol–water partition coefficient (Wildman–Crippen LogP) is 7.88. The van der Waals surface area contributed by atoms with Crippen LogP contribution in [0.4, 0.5) is 0 Å². The van der Waals surface area contributed by atoms with Gasteiger partial charge in [0.1, 0.15) is 11.5 Å². The van der Waals surface area contributed by atoms with Gasteiger partial charge >= 0.3 is 0 Å². The molecule has 2 atom stereocenters. The van der Waals surface area contributed by atoms with Crippen LogP contribution in [0.15, 0.2) is 11.4 Å². The number of allylic oxidation sites excluding steroid dienone is 2. The average molecular weight is 464 g/mol. The van der Waals surface area contributed by atoms with Gasteiger partial charge in [0, 0.05) is 18.7 Å². The van der Waals surface area contributed by atoms with Crippen LogP contribution in [0.5, 0.6) is 0 Å². The summed E-state index contributed by atoms with van der Waals surface area (Å²) >= 11 is 0. The Labute approximate surface area is 186 Å². The van der Waals surface area contributed by atoms with Crippen molar-refractivity contribution >= 4 is 15.1 Å². The summed E-state index contributed by atoms with van der Waals surface area (Å²) in [7, 11) is -5.92. The van der Waals surface area contributed by atoms with E-state index in [4.69, 9.17) is 0 Å². The molecule has 0 radical (unpaired) electrons. The van der Waals surface area contributed by atoms with Gasteiger partial charge in [-0.1, -0.05) is 71.6 Å². The Morgan fingerprint density at radius 3 is 2.03 bits per heavy atom. The highest BCUT2D eigenvalue weighted by molar-refractivity contribution is 7.68. The Morgan fingerprint density at radius 2 is 1.47 bits per heavy atom. The zero-order chi connectivity index (χ0) is 22.3. The summed E-state index contributed by atoms with van der Waals surface area (Å²) < 4.78 is 12.4. The molecule has 2 unspecified atom stereocenters. The largest absolute Gasteiger partial charge is 0.344 e. The Bertz CT molecular complexity index is 519. The molecule has 0 aromatic heterocycles. The fraction of sp³-hybridized carbons (Fsp3) is 0.917. The molecule has 0 aromatic carbocycles. The minimum Gasteiger partial charge on any atom is -0.344 e. The molecule has 1 aliphatic rings. The van der Waals surface area contributed by atoms with Gasteiger partial charge in [-0.25, -0.2) is 9.79 Å². The molecule has 0 saturated heterocycles. The van der Waals surface area contributed by atoms with Gasteiger partial charge in [-0.2, -0.15) is 0 Å². The fourth-order valence-corrected chi connectivity index (χ4v) is 7.90. The van der Waals surface area contributed by atoms with Crippen LogP contribution in [0.3, 0.4) is 0 Å². The molecule has 0 fully saturated rings. The van der Waals surface area contributed by atoms with E-state index >= 15 is 0 Å². The second-order valence-corrected chi connectivity index (χ2v) is 14.5. The molecular formula is C24H49O4P2+. The maximum absolute atomic E-state index is 12.4. The van der Waals surface area contributed by atoms with Crippen molar-refractivity contribution in [1.82, 2.24) is 0 Å². The van der Waals surface area contributed by atoms with Crippen molar-refractivity contribution < 1.29 is 19.2 Å². The predicted molar refractivity (Wildman–Crippen MR) is 133 cm³/mol. The molecule has 0 bridgehead atoms. The maximum atomic E-state index is 12.4. The van der Waals surface area contributed by atoms with Crippen LogP contribution in [-0.4, -0.2) is 33.2 Å². The SMILES string of the molecule is CCCCCCCCP(=O)(O)CCC1CC=C([P+](O)(O)CCCCCCCC)CC1. The van der Waals surface area contributed by atoms with Crippen molar-refractivity contribution in [3.8, 4) is 0 Å². The van der Waals surface area contributed by atoms with E-state index in [0.29, 0.717) is 24.4 Å². The minimum absolute atomic E-state index is 0.410. The molecular weight excluding hydrogens is 414 g/mol. The Balaban J connectivity index is 2.25. The highest BCUT2D eigenvalue weighted by atomic mass is 31.2. The minimum atomic E-state index is -3.00. The van der Waals surface area contributed by atoms with E-state index in [2.05, 4.69) is 13.8 Å². The van der Waals surface area contributed by atoms with Crippen molar-refractivity contribution in [1.29, 1.82) is 0 Å². The summed E-state index contributed by atoms with van der Waals surface area (Å²) in [5.74, 6) is 0.410. The molecule has 3 N–H and O–H groups in total.